The monoisotopic (exact) mass is 367 g/mol. The molecule has 0 unspecified atom stereocenters. The van der Waals surface area contributed by atoms with Gasteiger partial charge in [-0.05, 0) is 18.2 Å². The van der Waals surface area contributed by atoms with Crippen molar-refractivity contribution in [2.24, 2.45) is 0 Å². The molecule has 0 N–H and O–H groups in total. The molecule has 25 heavy (non-hydrogen) atoms. The summed E-state index contributed by atoms with van der Waals surface area (Å²) in [7, 11) is 0. The van der Waals surface area contributed by atoms with Gasteiger partial charge in [0.15, 0.2) is 0 Å². The van der Waals surface area contributed by atoms with Crippen LogP contribution in [0.25, 0.3) is 11.3 Å². The lowest BCUT2D eigenvalue weighted by Gasteiger charge is -2.21. The highest BCUT2D eigenvalue weighted by Gasteiger charge is 2.18. The van der Waals surface area contributed by atoms with E-state index in [9.17, 15) is 13.6 Å². The molecule has 0 saturated carbocycles. The topological polar surface area (TPSA) is 64.5 Å². The largest absolute Gasteiger partial charge is 0.433 e. The first kappa shape index (κ1) is 17.1. The highest BCUT2D eigenvalue weighted by atomic mass is 35.5. The molecule has 1 aromatic heterocycles. The van der Waals surface area contributed by atoms with E-state index in [1.807, 2.05) is 0 Å². The van der Waals surface area contributed by atoms with Gasteiger partial charge in [-0.1, -0.05) is 17.7 Å². The van der Waals surface area contributed by atoms with E-state index in [0.717, 1.165) is 0 Å². The summed E-state index contributed by atoms with van der Waals surface area (Å²) >= 11 is 5.85. The third-order valence-electron chi connectivity index (χ3n) is 3.33. The highest BCUT2D eigenvalue weighted by molar-refractivity contribution is 6.32. The van der Waals surface area contributed by atoms with Crippen molar-refractivity contribution in [2.45, 2.75) is 13.2 Å². The molecule has 0 saturated heterocycles. The van der Waals surface area contributed by atoms with Crippen molar-refractivity contribution in [1.82, 2.24) is 14.9 Å². The number of nitrogens with zero attached hydrogens (tertiary/aromatic N) is 3. The van der Waals surface area contributed by atoms with E-state index in [1.54, 1.807) is 12.1 Å². The van der Waals surface area contributed by atoms with Crippen LogP contribution in [0, 0.1) is 0 Å². The van der Waals surface area contributed by atoms with Crippen molar-refractivity contribution >= 4 is 17.7 Å². The summed E-state index contributed by atoms with van der Waals surface area (Å²) in [6, 6.07) is 4.42. The van der Waals surface area contributed by atoms with Crippen molar-refractivity contribution in [2.75, 3.05) is 6.54 Å². The Hall–Kier alpha value is -2.74. The zero-order chi connectivity index (χ0) is 17.8. The van der Waals surface area contributed by atoms with Crippen LogP contribution >= 0.6 is 11.6 Å². The van der Waals surface area contributed by atoms with Crippen LogP contribution in [0.5, 0.6) is 5.75 Å². The standard InChI is InChI=1S/C16H12ClF2N3O3/c17-12-3-2-10(6-14(12)25-15(18)19)13-8-20-7-11(21-13)9-22-4-1-5-24-16(22)23/h1-3,5-8,15H,4,9H2. The summed E-state index contributed by atoms with van der Waals surface area (Å²) in [6.07, 6.45) is 5.55. The predicted octanol–water partition coefficient (Wildman–Crippen LogP) is 3.86. The van der Waals surface area contributed by atoms with Crippen molar-refractivity contribution in [1.29, 1.82) is 0 Å². The SMILES string of the molecule is O=C1OC=CCN1Cc1cncc(-c2ccc(Cl)c(OC(F)F)c2)n1. The summed E-state index contributed by atoms with van der Waals surface area (Å²) in [5.74, 6) is -0.147. The summed E-state index contributed by atoms with van der Waals surface area (Å²) in [5.41, 5.74) is 1.47. The van der Waals surface area contributed by atoms with Gasteiger partial charge < -0.3 is 9.47 Å². The van der Waals surface area contributed by atoms with Crippen molar-refractivity contribution in [3.05, 3.63) is 53.6 Å². The highest BCUT2D eigenvalue weighted by Crippen LogP contribution is 2.30. The third-order valence-corrected chi connectivity index (χ3v) is 3.64. The Balaban J connectivity index is 1.84. The van der Waals surface area contributed by atoms with Gasteiger partial charge in [-0.25, -0.2) is 9.78 Å². The fourth-order valence-electron chi connectivity index (χ4n) is 2.22. The van der Waals surface area contributed by atoms with E-state index in [1.165, 1.54) is 35.7 Å². The second-order valence-electron chi connectivity index (χ2n) is 5.06. The fourth-order valence-corrected chi connectivity index (χ4v) is 2.38. The normalized spacial score (nSPS) is 13.9. The van der Waals surface area contributed by atoms with Gasteiger partial charge in [0.1, 0.15) is 5.75 Å². The number of benzene rings is 1. The fraction of sp³-hybridized carbons (Fsp3) is 0.188. The van der Waals surface area contributed by atoms with Gasteiger partial charge in [0, 0.05) is 12.1 Å². The van der Waals surface area contributed by atoms with E-state index in [0.29, 0.717) is 23.5 Å². The van der Waals surface area contributed by atoms with Crippen LogP contribution in [-0.2, 0) is 11.3 Å². The minimum atomic E-state index is -2.98. The van der Waals surface area contributed by atoms with E-state index >= 15 is 0 Å². The van der Waals surface area contributed by atoms with Gasteiger partial charge in [0.2, 0.25) is 0 Å². The Bertz CT molecular complexity index is 817. The molecule has 1 amide bonds. The number of rotatable bonds is 5. The Morgan fingerprint density at radius 3 is 2.96 bits per heavy atom. The van der Waals surface area contributed by atoms with Gasteiger partial charge >= 0.3 is 12.7 Å². The van der Waals surface area contributed by atoms with Crippen LogP contribution in [0.3, 0.4) is 0 Å². The Labute approximate surface area is 146 Å². The predicted molar refractivity (Wildman–Crippen MR) is 85.1 cm³/mol. The molecule has 1 aliphatic heterocycles. The van der Waals surface area contributed by atoms with Gasteiger partial charge in [0.05, 0.1) is 41.6 Å². The molecule has 6 nitrogen and oxygen atoms in total. The summed E-state index contributed by atoms with van der Waals surface area (Å²) in [6.45, 7) is -2.38. The van der Waals surface area contributed by atoms with Crippen molar-refractivity contribution < 1.29 is 23.0 Å². The molecule has 2 heterocycles. The second-order valence-corrected chi connectivity index (χ2v) is 5.46. The second kappa shape index (κ2) is 7.43. The van der Waals surface area contributed by atoms with Crippen LogP contribution < -0.4 is 4.74 Å². The van der Waals surface area contributed by atoms with Crippen molar-refractivity contribution in [3.8, 4) is 17.0 Å². The number of hydrogen-bond acceptors (Lipinski definition) is 5. The van der Waals surface area contributed by atoms with E-state index in [-0.39, 0.29) is 17.3 Å². The molecule has 0 bridgehead atoms. The molecule has 130 valence electrons. The number of carbonyl (C=O) groups is 1. The maximum absolute atomic E-state index is 12.4. The molecular formula is C16H12ClF2N3O3. The van der Waals surface area contributed by atoms with Crippen LogP contribution in [-0.4, -0.2) is 34.1 Å². The summed E-state index contributed by atoms with van der Waals surface area (Å²) in [4.78, 5) is 21.6. The molecule has 3 rings (SSSR count). The zero-order valence-corrected chi connectivity index (χ0v) is 13.5. The molecule has 1 aromatic carbocycles. The maximum Gasteiger partial charge on any atom is 0.415 e. The Morgan fingerprint density at radius 2 is 2.20 bits per heavy atom. The molecule has 0 fully saturated rings. The summed E-state index contributed by atoms with van der Waals surface area (Å²) < 4.78 is 34.0. The lowest BCUT2D eigenvalue weighted by atomic mass is 10.1. The number of amides is 1. The lowest BCUT2D eigenvalue weighted by molar-refractivity contribution is -0.0497. The number of alkyl halides is 2. The van der Waals surface area contributed by atoms with Gasteiger partial charge in [-0.2, -0.15) is 8.78 Å². The smallest absolute Gasteiger partial charge is 0.415 e. The molecule has 9 heteroatoms. The molecule has 1 aliphatic rings. The minimum absolute atomic E-state index is 0.0658. The van der Waals surface area contributed by atoms with Crippen LogP contribution in [0.1, 0.15) is 5.69 Å². The quantitative estimate of drug-likeness (QED) is 0.802. The average molecular weight is 368 g/mol. The molecular weight excluding hydrogens is 356 g/mol. The number of ether oxygens (including phenoxy) is 2. The van der Waals surface area contributed by atoms with Gasteiger partial charge in [-0.15, -0.1) is 0 Å². The van der Waals surface area contributed by atoms with Crippen molar-refractivity contribution in [3.63, 3.8) is 0 Å². The number of cyclic esters (lactones) is 1. The summed E-state index contributed by atoms with van der Waals surface area (Å²) in [5, 5.41) is 0.0658. The number of hydrogen-bond donors (Lipinski definition) is 0. The van der Waals surface area contributed by atoms with E-state index in [4.69, 9.17) is 16.3 Å². The van der Waals surface area contributed by atoms with Crippen LogP contribution in [0.15, 0.2) is 42.9 Å². The van der Waals surface area contributed by atoms with E-state index in [2.05, 4.69) is 14.7 Å². The molecule has 0 radical (unpaired) electrons. The Kier molecular flexibility index (Phi) is 5.08. The number of halogens is 3. The first-order chi connectivity index (χ1) is 12.0. The lowest BCUT2D eigenvalue weighted by Crippen LogP contribution is -2.33. The third kappa shape index (κ3) is 4.21. The molecule has 0 aliphatic carbocycles. The van der Waals surface area contributed by atoms with Gasteiger partial charge in [0.25, 0.3) is 0 Å². The van der Waals surface area contributed by atoms with Gasteiger partial charge in [-0.3, -0.25) is 9.88 Å². The Morgan fingerprint density at radius 1 is 1.36 bits per heavy atom. The molecule has 0 atom stereocenters. The molecule has 0 spiro atoms. The first-order valence-corrected chi connectivity index (χ1v) is 7.57. The minimum Gasteiger partial charge on any atom is -0.433 e. The molecule has 2 aromatic rings. The number of aromatic nitrogens is 2. The first-order valence-electron chi connectivity index (χ1n) is 7.19. The average Bonchev–Trinajstić information content (AvgIpc) is 2.59. The van der Waals surface area contributed by atoms with Crippen LogP contribution in [0.2, 0.25) is 5.02 Å². The number of carbonyl (C=O) groups excluding carboxylic acids is 1. The zero-order valence-electron chi connectivity index (χ0n) is 12.7. The van der Waals surface area contributed by atoms with E-state index < -0.39 is 12.7 Å². The van der Waals surface area contributed by atoms with Crippen LogP contribution in [0.4, 0.5) is 13.6 Å². The maximum atomic E-state index is 12.4.